The second kappa shape index (κ2) is 3.20. The number of nitrogens with zero attached hydrogens (tertiary/aromatic N) is 3. The molecule has 1 atom stereocenters. The molecule has 0 saturated carbocycles. The maximum atomic E-state index is 4.16. The highest BCUT2D eigenvalue weighted by molar-refractivity contribution is 5.69. The molecule has 1 aliphatic heterocycles. The lowest BCUT2D eigenvalue weighted by Gasteiger charge is -2.24. The van der Waals surface area contributed by atoms with E-state index in [-0.39, 0.29) is 0 Å². The van der Waals surface area contributed by atoms with Crippen LogP contribution in [-0.4, -0.2) is 22.7 Å². The van der Waals surface area contributed by atoms with Gasteiger partial charge in [0.1, 0.15) is 12.0 Å². The third-order valence-electron chi connectivity index (χ3n) is 2.54. The molecule has 70 valence electrons. The molecule has 1 N–H and O–H groups in total. The Balaban J connectivity index is 2.28. The molecule has 0 saturated heterocycles. The molecule has 0 fully saturated rings. The van der Waals surface area contributed by atoms with Crippen LogP contribution in [0, 0.1) is 0 Å². The van der Waals surface area contributed by atoms with Crippen molar-refractivity contribution in [1.29, 1.82) is 0 Å². The van der Waals surface area contributed by atoms with Crippen LogP contribution in [0.2, 0.25) is 0 Å². The molecule has 2 heterocycles. The van der Waals surface area contributed by atoms with Gasteiger partial charge in [0, 0.05) is 6.04 Å². The molecule has 0 aromatic carbocycles. The lowest BCUT2D eigenvalue weighted by atomic mass is 10.2. The van der Waals surface area contributed by atoms with Gasteiger partial charge in [0.05, 0.1) is 12.9 Å². The van der Waals surface area contributed by atoms with Gasteiger partial charge in [0.15, 0.2) is 5.82 Å². The van der Waals surface area contributed by atoms with Crippen molar-refractivity contribution < 1.29 is 0 Å². The minimum atomic E-state index is 0.541. The predicted octanol–water partition coefficient (Wildman–Crippen LogP) is 1.46. The molecule has 0 radical (unpaired) electrons. The normalized spacial score (nSPS) is 16.6. The molecule has 13 heavy (non-hydrogen) atoms. The first-order valence-electron chi connectivity index (χ1n) is 4.63. The fraction of sp³-hybridized carbons (Fsp3) is 0.556. The minimum absolute atomic E-state index is 0.541. The Morgan fingerprint density at radius 3 is 3.31 bits per heavy atom. The number of fused-ring (bicyclic) bond motifs is 1. The minimum Gasteiger partial charge on any atom is -0.351 e. The summed E-state index contributed by atoms with van der Waals surface area (Å²) in [5, 5.41) is 3.24. The van der Waals surface area contributed by atoms with E-state index in [0.717, 1.165) is 24.6 Å². The zero-order chi connectivity index (χ0) is 9.26. The molecular formula is C9H14N4. The van der Waals surface area contributed by atoms with Gasteiger partial charge in [-0.3, -0.25) is 0 Å². The predicted molar refractivity (Wildman–Crippen MR) is 52.8 cm³/mol. The van der Waals surface area contributed by atoms with Crippen molar-refractivity contribution in [2.45, 2.75) is 26.3 Å². The van der Waals surface area contributed by atoms with Gasteiger partial charge >= 0.3 is 0 Å². The molecule has 1 aromatic heterocycles. The third kappa shape index (κ3) is 1.32. The summed E-state index contributed by atoms with van der Waals surface area (Å²) in [4.78, 5) is 10.5. The Kier molecular flexibility index (Phi) is 2.04. The highest BCUT2D eigenvalue weighted by Crippen LogP contribution is 2.29. The molecule has 1 aliphatic rings. The van der Waals surface area contributed by atoms with E-state index < -0.39 is 0 Å². The third-order valence-corrected chi connectivity index (χ3v) is 2.54. The zero-order valence-corrected chi connectivity index (χ0v) is 7.99. The second-order valence-corrected chi connectivity index (χ2v) is 3.32. The molecule has 1 unspecified atom stereocenters. The first-order chi connectivity index (χ1) is 6.33. The number of rotatable bonds is 2. The number of hydrogen-bond donors (Lipinski definition) is 1. The molecule has 0 spiro atoms. The van der Waals surface area contributed by atoms with Crippen LogP contribution < -0.4 is 10.2 Å². The molecular weight excluding hydrogens is 164 g/mol. The second-order valence-electron chi connectivity index (χ2n) is 3.32. The van der Waals surface area contributed by atoms with E-state index in [1.165, 1.54) is 0 Å². The number of aromatic nitrogens is 2. The van der Waals surface area contributed by atoms with E-state index in [0.29, 0.717) is 6.04 Å². The van der Waals surface area contributed by atoms with Crippen LogP contribution >= 0.6 is 0 Å². The van der Waals surface area contributed by atoms with Crippen LogP contribution in [0.25, 0.3) is 0 Å². The van der Waals surface area contributed by atoms with Crippen molar-refractivity contribution in [2.24, 2.45) is 0 Å². The fourth-order valence-corrected chi connectivity index (χ4v) is 1.53. The standard InChI is InChI=1S/C9H14N4/c1-3-7(2)13-6-12-9-8(13)4-10-5-11-9/h4-5,7H,3,6H2,1-2H3,(H,10,11,12). The highest BCUT2D eigenvalue weighted by Gasteiger charge is 2.22. The quantitative estimate of drug-likeness (QED) is 0.744. The topological polar surface area (TPSA) is 41.0 Å². The summed E-state index contributed by atoms with van der Waals surface area (Å²) < 4.78 is 0. The lowest BCUT2D eigenvalue weighted by Crippen LogP contribution is -2.32. The highest BCUT2D eigenvalue weighted by atomic mass is 15.3. The van der Waals surface area contributed by atoms with Gasteiger partial charge in [-0.2, -0.15) is 0 Å². The Labute approximate surface area is 78.0 Å². The van der Waals surface area contributed by atoms with Crippen molar-refractivity contribution >= 4 is 11.5 Å². The average Bonchev–Trinajstić information content (AvgIpc) is 2.60. The van der Waals surface area contributed by atoms with Crippen molar-refractivity contribution in [3.8, 4) is 0 Å². The van der Waals surface area contributed by atoms with Gasteiger partial charge < -0.3 is 10.2 Å². The van der Waals surface area contributed by atoms with Crippen LogP contribution in [0.3, 0.4) is 0 Å². The Hall–Kier alpha value is -1.32. The van der Waals surface area contributed by atoms with Gasteiger partial charge in [-0.25, -0.2) is 9.97 Å². The summed E-state index contributed by atoms with van der Waals surface area (Å²) in [7, 11) is 0. The summed E-state index contributed by atoms with van der Waals surface area (Å²) in [6.45, 7) is 5.25. The van der Waals surface area contributed by atoms with Crippen molar-refractivity contribution in [3.05, 3.63) is 12.5 Å². The number of nitrogens with one attached hydrogen (secondary N) is 1. The van der Waals surface area contributed by atoms with Crippen LogP contribution in [0.5, 0.6) is 0 Å². The summed E-state index contributed by atoms with van der Waals surface area (Å²) >= 11 is 0. The van der Waals surface area contributed by atoms with Crippen LogP contribution in [-0.2, 0) is 0 Å². The van der Waals surface area contributed by atoms with E-state index in [1.807, 2.05) is 6.20 Å². The van der Waals surface area contributed by atoms with Gasteiger partial charge in [-0.15, -0.1) is 0 Å². The summed E-state index contributed by atoms with van der Waals surface area (Å²) in [6.07, 6.45) is 4.58. The van der Waals surface area contributed by atoms with E-state index in [2.05, 4.69) is 34.0 Å². The molecule has 4 nitrogen and oxygen atoms in total. The molecule has 0 aliphatic carbocycles. The van der Waals surface area contributed by atoms with Crippen molar-refractivity contribution in [3.63, 3.8) is 0 Å². The zero-order valence-electron chi connectivity index (χ0n) is 7.99. The largest absolute Gasteiger partial charge is 0.351 e. The summed E-state index contributed by atoms with van der Waals surface area (Å²) in [5.74, 6) is 0.954. The lowest BCUT2D eigenvalue weighted by molar-refractivity contribution is 0.645. The summed E-state index contributed by atoms with van der Waals surface area (Å²) in [5.41, 5.74) is 1.12. The average molecular weight is 178 g/mol. The maximum absolute atomic E-state index is 4.16. The maximum Gasteiger partial charge on any atom is 0.154 e. The monoisotopic (exact) mass is 178 g/mol. The Bertz CT molecular complexity index is 299. The van der Waals surface area contributed by atoms with E-state index in [1.54, 1.807) is 6.33 Å². The SMILES string of the molecule is CCC(C)N1CNc2ncncc21. The van der Waals surface area contributed by atoms with E-state index in [4.69, 9.17) is 0 Å². The van der Waals surface area contributed by atoms with Gasteiger partial charge in [-0.1, -0.05) is 6.92 Å². The molecule has 1 aromatic rings. The van der Waals surface area contributed by atoms with Crippen molar-refractivity contribution in [2.75, 3.05) is 16.9 Å². The fourth-order valence-electron chi connectivity index (χ4n) is 1.53. The molecule has 4 heteroatoms. The van der Waals surface area contributed by atoms with Gasteiger partial charge in [0.25, 0.3) is 0 Å². The first kappa shape index (κ1) is 8.29. The molecule has 2 rings (SSSR count). The smallest absolute Gasteiger partial charge is 0.154 e. The van der Waals surface area contributed by atoms with E-state index in [9.17, 15) is 0 Å². The molecule has 0 bridgehead atoms. The Morgan fingerprint density at radius 1 is 1.69 bits per heavy atom. The van der Waals surface area contributed by atoms with E-state index >= 15 is 0 Å². The Morgan fingerprint density at radius 2 is 2.54 bits per heavy atom. The van der Waals surface area contributed by atoms with Crippen LogP contribution in [0.15, 0.2) is 12.5 Å². The summed E-state index contributed by atoms with van der Waals surface area (Å²) in [6, 6.07) is 0.541. The molecule has 0 amide bonds. The van der Waals surface area contributed by atoms with Crippen molar-refractivity contribution in [1.82, 2.24) is 9.97 Å². The van der Waals surface area contributed by atoms with Gasteiger partial charge in [0.2, 0.25) is 0 Å². The van der Waals surface area contributed by atoms with Gasteiger partial charge in [-0.05, 0) is 13.3 Å². The first-order valence-corrected chi connectivity index (χ1v) is 4.63. The van der Waals surface area contributed by atoms with Crippen LogP contribution in [0.4, 0.5) is 11.5 Å². The number of anilines is 2. The van der Waals surface area contributed by atoms with Crippen LogP contribution in [0.1, 0.15) is 20.3 Å². The number of hydrogen-bond acceptors (Lipinski definition) is 4.